The van der Waals surface area contributed by atoms with Gasteiger partial charge in [0.2, 0.25) is 0 Å². The standard InChI is InChI=1S/C14H15N3O4S/c1-15-14(18)12-7-8-17(9-10-22(19,20)21)16-13(12)11-5-3-2-4-6-11/h2-8H,9-10H2,1H3,(H-,15,18,19,20,21)/p+1. The van der Waals surface area contributed by atoms with Gasteiger partial charge in [0.15, 0.2) is 18.4 Å². The van der Waals surface area contributed by atoms with Gasteiger partial charge in [-0.3, -0.25) is 9.35 Å². The summed E-state index contributed by atoms with van der Waals surface area (Å²) in [5.41, 5.74) is 1.57. The van der Waals surface area contributed by atoms with E-state index >= 15 is 0 Å². The van der Waals surface area contributed by atoms with Crippen LogP contribution in [-0.2, 0) is 16.7 Å². The van der Waals surface area contributed by atoms with Gasteiger partial charge in [-0.2, -0.15) is 8.42 Å². The second-order valence-corrected chi connectivity index (χ2v) is 6.14. The number of hydrogen-bond acceptors (Lipinski definition) is 4. The first-order valence-corrected chi connectivity index (χ1v) is 8.15. The maximum absolute atomic E-state index is 11.9. The van der Waals surface area contributed by atoms with Crippen molar-refractivity contribution in [2.24, 2.45) is 0 Å². The monoisotopic (exact) mass is 322 g/mol. The first-order chi connectivity index (χ1) is 10.4. The van der Waals surface area contributed by atoms with E-state index in [-0.39, 0.29) is 12.5 Å². The summed E-state index contributed by atoms with van der Waals surface area (Å²) >= 11 is 0. The third kappa shape index (κ3) is 4.09. The second kappa shape index (κ2) is 6.63. The molecule has 0 fully saturated rings. The maximum atomic E-state index is 11.9. The van der Waals surface area contributed by atoms with Crippen molar-refractivity contribution >= 4 is 16.0 Å². The first kappa shape index (κ1) is 16.1. The number of nitrogens with one attached hydrogen (secondary N) is 1. The molecule has 1 aromatic heterocycles. The van der Waals surface area contributed by atoms with E-state index in [1.165, 1.54) is 17.9 Å². The minimum atomic E-state index is -4.07. The molecule has 1 heterocycles. The molecular weight excluding hydrogens is 306 g/mol. The van der Waals surface area contributed by atoms with Crippen LogP contribution in [0.4, 0.5) is 0 Å². The van der Waals surface area contributed by atoms with E-state index in [1.807, 2.05) is 30.3 Å². The molecular formula is C14H16N3O4S+. The van der Waals surface area contributed by atoms with Crippen molar-refractivity contribution in [3.63, 3.8) is 0 Å². The van der Waals surface area contributed by atoms with Gasteiger partial charge in [0.25, 0.3) is 16.0 Å². The molecule has 2 N–H and O–H groups in total. The van der Waals surface area contributed by atoms with Gasteiger partial charge in [-0.25, -0.2) is 0 Å². The Morgan fingerprint density at radius 1 is 1.27 bits per heavy atom. The summed E-state index contributed by atoms with van der Waals surface area (Å²) in [6.07, 6.45) is 1.50. The van der Waals surface area contributed by atoms with Gasteiger partial charge >= 0.3 is 0 Å². The Hall–Kier alpha value is -2.32. The number of aromatic nitrogens is 2. The minimum absolute atomic E-state index is 0.00725. The Bertz CT molecular complexity index is 776. The van der Waals surface area contributed by atoms with Crippen molar-refractivity contribution in [1.82, 2.24) is 10.4 Å². The lowest BCUT2D eigenvalue weighted by molar-refractivity contribution is -0.749. The van der Waals surface area contributed by atoms with Gasteiger partial charge in [-0.05, 0) is 0 Å². The van der Waals surface area contributed by atoms with Crippen LogP contribution in [0.1, 0.15) is 10.4 Å². The van der Waals surface area contributed by atoms with Crippen LogP contribution >= 0.6 is 0 Å². The summed E-state index contributed by atoms with van der Waals surface area (Å²) in [6, 6.07) is 10.7. The van der Waals surface area contributed by atoms with E-state index in [0.717, 1.165) is 5.56 Å². The number of nitrogens with zero attached hydrogens (tertiary/aromatic N) is 2. The van der Waals surface area contributed by atoms with Gasteiger partial charge in [-0.15, -0.1) is 0 Å². The smallest absolute Gasteiger partial charge is 0.271 e. The lowest BCUT2D eigenvalue weighted by atomic mass is 10.1. The molecule has 0 atom stereocenters. The second-order valence-electron chi connectivity index (χ2n) is 4.57. The molecule has 0 unspecified atom stereocenters. The highest BCUT2D eigenvalue weighted by atomic mass is 32.2. The van der Waals surface area contributed by atoms with Crippen LogP contribution < -0.4 is 10.00 Å². The molecule has 0 aliphatic rings. The first-order valence-electron chi connectivity index (χ1n) is 6.54. The number of amides is 1. The molecule has 7 nitrogen and oxygen atoms in total. The van der Waals surface area contributed by atoms with E-state index < -0.39 is 15.9 Å². The van der Waals surface area contributed by atoms with E-state index in [1.54, 1.807) is 6.07 Å². The third-order valence-corrected chi connectivity index (χ3v) is 3.69. The summed E-state index contributed by atoms with van der Waals surface area (Å²) in [5, 5.41) is 6.84. The Labute approximate surface area is 128 Å². The third-order valence-electron chi connectivity index (χ3n) is 2.99. The van der Waals surface area contributed by atoms with E-state index in [4.69, 9.17) is 4.55 Å². The maximum Gasteiger partial charge on any atom is 0.271 e. The van der Waals surface area contributed by atoms with Crippen LogP contribution in [0.25, 0.3) is 11.3 Å². The number of rotatable bonds is 5. The van der Waals surface area contributed by atoms with Crippen LogP contribution in [0.3, 0.4) is 0 Å². The summed E-state index contributed by atoms with van der Waals surface area (Å²) in [6.45, 7) is -0.00725. The van der Waals surface area contributed by atoms with E-state index in [2.05, 4.69) is 10.4 Å². The molecule has 1 amide bonds. The summed E-state index contributed by atoms with van der Waals surface area (Å²) in [4.78, 5) is 11.9. The van der Waals surface area contributed by atoms with Crippen molar-refractivity contribution in [2.45, 2.75) is 6.54 Å². The molecule has 116 valence electrons. The summed E-state index contributed by atoms with van der Waals surface area (Å²) in [7, 11) is -2.55. The lowest BCUT2D eigenvalue weighted by Crippen LogP contribution is -2.41. The largest absolute Gasteiger partial charge is 0.355 e. The molecule has 0 saturated carbocycles. The van der Waals surface area contributed by atoms with Crippen LogP contribution in [0.5, 0.6) is 0 Å². The highest BCUT2D eigenvalue weighted by Gasteiger charge is 2.19. The quantitative estimate of drug-likeness (QED) is 0.608. The number of carbonyl (C=O) groups excluding carboxylic acids is 1. The van der Waals surface area contributed by atoms with Crippen LogP contribution in [0.15, 0.2) is 42.6 Å². The van der Waals surface area contributed by atoms with Crippen molar-refractivity contribution in [3.8, 4) is 11.3 Å². The predicted molar refractivity (Wildman–Crippen MR) is 79.7 cm³/mol. The molecule has 0 radical (unpaired) electrons. The average molecular weight is 322 g/mol. The minimum Gasteiger partial charge on any atom is -0.355 e. The Morgan fingerprint density at radius 2 is 1.95 bits per heavy atom. The average Bonchev–Trinajstić information content (AvgIpc) is 2.52. The molecule has 22 heavy (non-hydrogen) atoms. The molecule has 1 aromatic carbocycles. The van der Waals surface area contributed by atoms with Gasteiger partial charge in [0.1, 0.15) is 5.75 Å². The van der Waals surface area contributed by atoms with Crippen LogP contribution in [0.2, 0.25) is 0 Å². The van der Waals surface area contributed by atoms with E-state index in [9.17, 15) is 13.2 Å². The Balaban J connectivity index is 2.44. The summed E-state index contributed by atoms with van der Waals surface area (Å²) < 4.78 is 31.9. The van der Waals surface area contributed by atoms with Gasteiger partial charge < -0.3 is 5.32 Å². The highest BCUT2D eigenvalue weighted by Crippen LogP contribution is 2.19. The van der Waals surface area contributed by atoms with Crippen molar-refractivity contribution in [3.05, 3.63) is 48.2 Å². The zero-order valence-electron chi connectivity index (χ0n) is 11.9. The molecule has 0 aliphatic heterocycles. The number of benzene rings is 1. The van der Waals surface area contributed by atoms with Crippen LogP contribution in [-0.4, -0.2) is 36.8 Å². The number of carbonyl (C=O) groups is 1. The molecule has 8 heteroatoms. The van der Waals surface area contributed by atoms with Crippen molar-refractivity contribution < 1.29 is 22.4 Å². The fourth-order valence-electron chi connectivity index (χ4n) is 1.92. The molecule has 0 bridgehead atoms. The zero-order valence-corrected chi connectivity index (χ0v) is 12.7. The molecule has 0 aliphatic carbocycles. The zero-order chi connectivity index (χ0) is 16.2. The highest BCUT2D eigenvalue weighted by molar-refractivity contribution is 7.85. The molecule has 0 spiro atoms. The van der Waals surface area contributed by atoms with Crippen molar-refractivity contribution in [1.29, 1.82) is 0 Å². The van der Waals surface area contributed by atoms with Gasteiger partial charge in [-0.1, -0.05) is 35.0 Å². The molecule has 0 saturated heterocycles. The normalized spacial score (nSPS) is 11.2. The SMILES string of the molecule is CNC(=O)c1cc[n+](CCS(=O)(=O)O)nc1-c1ccccc1. The van der Waals surface area contributed by atoms with Crippen LogP contribution in [0, 0.1) is 0 Å². The Morgan fingerprint density at radius 3 is 2.55 bits per heavy atom. The van der Waals surface area contributed by atoms with Crippen molar-refractivity contribution in [2.75, 3.05) is 12.8 Å². The number of hydrogen-bond donors (Lipinski definition) is 2. The predicted octanol–water partition coefficient (Wildman–Crippen LogP) is 0.284. The lowest BCUT2D eigenvalue weighted by Gasteiger charge is -2.06. The Kier molecular flexibility index (Phi) is 4.84. The van der Waals surface area contributed by atoms with Gasteiger partial charge in [0.05, 0.1) is 5.56 Å². The fraction of sp³-hybridized carbons (Fsp3) is 0.214. The number of aryl methyl sites for hydroxylation is 1. The summed E-state index contributed by atoms with van der Waals surface area (Å²) in [5.74, 6) is -0.730. The van der Waals surface area contributed by atoms with Gasteiger partial charge in [0, 0.05) is 23.8 Å². The molecule has 2 rings (SSSR count). The van der Waals surface area contributed by atoms with E-state index in [0.29, 0.717) is 11.3 Å². The molecule has 2 aromatic rings. The topological polar surface area (TPSA) is 100 Å². The fourth-order valence-corrected chi connectivity index (χ4v) is 2.33.